The molecule has 0 amide bonds. The number of phenolic OH excluding ortho intramolecular Hbond substituents is 1. The Hall–Kier alpha value is -1.06. The van der Waals surface area contributed by atoms with Crippen LogP contribution in [0.2, 0.25) is 0 Å². The van der Waals surface area contributed by atoms with Crippen LogP contribution in [0.1, 0.15) is 31.7 Å². The second-order valence-electron chi connectivity index (χ2n) is 5.11. The predicted molar refractivity (Wildman–Crippen MR) is 74.7 cm³/mol. The fourth-order valence-corrected chi connectivity index (χ4v) is 2.55. The largest absolute Gasteiger partial charge is 0.508 e. The maximum atomic E-state index is 9.24. The van der Waals surface area contributed by atoms with Crippen molar-refractivity contribution >= 4 is 0 Å². The fourth-order valence-electron chi connectivity index (χ4n) is 2.55. The Morgan fingerprint density at radius 2 is 2.00 bits per heavy atom. The van der Waals surface area contributed by atoms with Crippen LogP contribution in [0.3, 0.4) is 0 Å². The van der Waals surface area contributed by atoms with Crippen molar-refractivity contribution < 1.29 is 5.11 Å². The van der Waals surface area contributed by atoms with E-state index in [1.54, 1.807) is 12.1 Å². The van der Waals surface area contributed by atoms with Crippen LogP contribution in [0.15, 0.2) is 24.3 Å². The summed E-state index contributed by atoms with van der Waals surface area (Å²) in [6.45, 7) is 6.77. The number of hydrogen-bond acceptors (Lipinski definition) is 3. The summed E-state index contributed by atoms with van der Waals surface area (Å²) in [7, 11) is 0. The highest BCUT2D eigenvalue weighted by Gasteiger charge is 2.15. The monoisotopic (exact) mass is 248 g/mol. The van der Waals surface area contributed by atoms with Crippen LogP contribution in [0.25, 0.3) is 0 Å². The second-order valence-corrected chi connectivity index (χ2v) is 5.11. The first kappa shape index (κ1) is 13.4. The molecule has 0 aromatic heterocycles. The molecule has 1 atom stereocenters. The van der Waals surface area contributed by atoms with Crippen LogP contribution in [0.5, 0.6) is 5.75 Å². The molecule has 3 nitrogen and oxygen atoms in total. The summed E-state index contributed by atoms with van der Waals surface area (Å²) < 4.78 is 0. The van der Waals surface area contributed by atoms with Crippen molar-refractivity contribution in [1.82, 2.24) is 10.2 Å². The molecule has 0 bridgehead atoms. The Morgan fingerprint density at radius 3 is 2.72 bits per heavy atom. The molecule has 0 spiro atoms. The molecule has 1 heterocycles. The molecule has 3 heteroatoms. The molecule has 0 radical (unpaired) electrons. The molecule has 2 N–H and O–H groups in total. The van der Waals surface area contributed by atoms with Gasteiger partial charge in [0.05, 0.1) is 0 Å². The maximum absolute atomic E-state index is 9.24. The van der Waals surface area contributed by atoms with Gasteiger partial charge in [0.15, 0.2) is 0 Å². The lowest BCUT2D eigenvalue weighted by Crippen LogP contribution is -2.30. The molecule has 1 aromatic carbocycles. The van der Waals surface area contributed by atoms with Crippen LogP contribution >= 0.6 is 0 Å². The smallest absolute Gasteiger partial charge is 0.115 e. The van der Waals surface area contributed by atoms with Gasteiger partial charge < -0.3 is 15.3 Å². The highest BCUT2D eigenvalue weighted by atomic mass is 16.3. The number of phenols is 1. The van der Waals surface area contributed by atoms with Gasteiger partial charge in [-0.15, -0.1) is 0 Å². The Morgan fingerprint density at radius 1 is 1.22 bits per heavy atom. The van der Waals surface area contributed by atoms with Gasteiger partial charge in [0.25, 0.3) is 0 Å². The molecule has 0 saturated carbocycles. The standard InChI is InChI=1S/C15H24N2O/c1-2-17-10-3-4-14(9-11-17)16-12-13-5-7-15(18)8-6-13/h5-8,14,16,18H,2-4,9-12H2,1H3. The molecular formula is C15H24N2O. The van der Waals surface area contributed by atoms with E-state index in [1.165, 1.54) is 44.5 Å². The van der Waals surface area contributed by atoms with Crippen molar-refractivity contribution in [3.63, 3.8) is 0 Å². The molecule has 1 aromatic rings. The minimum atomic E-state index is 0.340. The highest BCUT2D eigenvalue weighted by molar-refractivity contribution is 5.25. The maximum Gasteiger partial charge on any atom is 0.115 e. The number of nitrogens with zero attached hydrogens (tertiary/aromatic N) is 1. The molecule has 1 saturated heterocycles. The lowest BCUT2D eigenvalue weighted by atomic mass is 10.1. The predicted octanol–water partition coefficient (Wildman–Crippen LogP) is 2.36. The van der Waals surface area contributed by atoms with Gasteiger partial charge in [0, 0.05) is 12.6 Å². The zero-order valence-electron chi connectivity index (χ0n) is 11.2. The van der Waals surface area contributed by atoms with Crippen molar-refractivity contribution in [1.29, 1.82) is 0 Å². The van der Waals surface area contributed by atoms with Crippen molar-refractivity contribution in [3.05, 3.63) is 29.8 Å². The Balaban J connectivity index is 1.77. The minimum absolute atomic E-state index is 0.340. The van der Waals surface area contributed by atoms with Gasteiger partial charge in [-0.05, 0) is 56.6 Å². The summed E-state index contributed by atoms with van der Waals surface area (Å²) in [5.41, 5.74) is 1.24. The zero-order chi connectivity index (χ0) is 12.8. The molecule has 18 heavy (non-hydrogen) atoms. The average Bonchev–Trinajstić information content (AvgIpc) is 2.63. The van der Waals surface area contributed by atoms with E-state index in [9.17, 15) is 5.11 Å². The van der Waals surface area contributed by atoms with E-state index in [1.807, 2.05) is 12.1 Å². The summed E-state index contributed by atoms with van der Waals surface area (Å²) in [6.07, 6.45) is 3.81. The molecule has 100 valence electrons. The highest BCUT2D eigenvalue weighted by Crippen LogP contribution is 2.13. The number of likely N-dealkylation sites (tertiary alicyclic amines) is 1. The average molecular weight is 248 g/mol. The number of rotatable bonds is 4. The quantitative estimate of drug-likeness (QED) is 0.858. The van der Waals surface area contributed by atoms with E-state index < -0.39 is 0 Å². The summed E-state index contributed by atoms with van der Waals surface area (Å²) in [5.74, 6) is 0.340. The molecular weight excluding hydrogens is 224 g/mol. The second kappa shape index (κ2) is 6.76. The molecule has 1 fully saturated rings. The normalized spacial score (nSPS) is 21.7. The topological polar surface area (TPSA) is 35.5 Å². The Bertz CT molecular complexity index is 350. The summed E-state index contributed by atoms with van der Waals surface area (Å²) in [4.78, 5) is 2.53. The molecule has 1 unspecified atom stereocenters. The van der Waals surface area contributed by atoms with Crippen LogP contribution in [0.4, 0.5) is 0 Å². The van der Waals surface area contributed by atoms with E-state index in [-0.39, 0.29) is 0 Å². The number of aromatic hydroxyl groups is 1. The van der Waals surface area contributed by atoms with Gasteiger partial charge in [-0.2, -0.15) is 0 Å². The Kier molecular flexibility index (Phi) is 5.02. The summed E-state index contributed by atoms with van der Waals surface area (Å²) in [6, 6.07) is 8.11. The molecule has 1 aliphatic rings. The van der Waals surface area contributed by atoms with E-state index in [0.717, 1.165) is 6.54 Å². The van der Waals surface area contributed by atoms with Crippen molar-refractivity contribution in [2.24, 2.45) is 0 Å². The van der Waals surface area contributed by atoms with Crippen LogP contribution in [-0.4, -0.2) is 35.7 Å². The van der Waals surface area contributed by atoms with E-state index >= 15 is 0 Å². The van der Waals surface area contributed by atoms with Gasteiger partial charge in [-0.1, -0.05) is 19.1 Å². The van der Waals surface area contributed by atoms with E-state index in [0.29, 0.717) is 11.8 Å². The zero-order valence-corrected chi connectivity index (χ0v) is 11.2. The third-order valence-corrected chi connectivity index (χ3v) is 3.80. The SMILES string of the molecule is CCN1CCCC(NCc2ccc(O)cc2)CC1. The Labute approximate surface area is 110 Å². The molecule has 0 aliphatic carbocycles. The van der Waals surface area contributed by atoms with Gasteiger partial charge in [-0.25, -0.2) is 0 Å². The third kappa shape index (κ3) is 4.00. The first-order chi connectivity index (χ1) is 8.78. The number of nitrogens with one attached hydrogen (secondary N) is 1. The van der Waals surface area contributed by atoms with Crippen LogP contribution in [0, 0.1) is 0 Å². The van der Waals surface area contributed by atoms with Gasteiger partial charge in [-0.3, -0.25) is 0 Å². The first-order valence-electron chi connectivity index (χ1n) is 7.01. The first-order valence-corrected chi connectivity index (χ1v) is 7.01. The number of hydrogen-bond donors (Lipinski definition) is 2. The van der Waals surface area contributed by atoms with Crippen molar-refractivity contribution in [3.8, 4) is 5.75 Å². The number of benzene rings is 1. The lowest BCUT2D eigenvalue weighted by molar-refractivity contribution is 0.297. The van der Waals surface area contributed by atoms with Crippen molar-refractivity contribution in [2.45, 2.75) is 38.8 Å². The van der Waals surface area contributed by atoms with Crippen molar-refractivity contribution in [2.75, 3.05) is 19.6 Å². The minimum Gasteiger partial charge on any atom is -0.508 e. The van der Waals surface area contributed by atoms with Gasteiger partial charge in [0.2, 0.25) is 0 Å². The third-order valence-electron chi connectivity index (χ3n) is 3.80. The molecule has 2 rings (SSSR count). The van der Waals surface area contributed by atoms with E-state index in [2.05, 4.69) is 17.1 Å². The fraction of sp³-hybridized carbons (Fsp3) is 0.600. The molecule has 1 aliphatic heterocycles. The summed E-state index contributed by atoms with van der Waals surface area (Å²) >= 11 is 0. The lowest BCUT2D eigenvalue weighted by Gasteiger charge is -2.18. The van der Waals surface area contributed by atoms with Crippen LogP contribution < -0.4 is 5.32 Å². The van der Waals surface area contributed by atoms with Crippen LogP contribution in [-0.2, 0) is 6.54 Å². The van der Waals surface area contributed by atoms with Gasteiger partial charge >= 0.3 is 0 Å². The summed E-state index contributed by atoms with van der Waals surface area (Å²) in [5, 5.41) is 12.9. The van der Waals surface area contributed by atoms with E-state index in [4.69, 9.17) is 0 Å². The van der Waals surface area contributed by atoms with Gasteiger partial charge in [0.1, 0.15) is 5.75 Å².